The fourth-order valence-corrected chi connectivity index (χ4v) is 4.77. The van der Waals surface area contributed by atoms with Gasteiger partial charge in [0.15, 0.2) is 6.17 Å². The van der Waals surface area contributed by atoms with E-state index < -0.39 is 30.0 Å². The van der Waals surface area contributed by atoms with Crippen LogP contribution in [0.5, 0.6) is 0 Å². The summed E-state index contributed by atoms with van der Waals surface area (Å²) in [6, 6.07) is 10.8. The molecule has 0 spiro atoms. The summed E-state index contributed by atoms with van der Waals surface area (Å²) in [5.41, 5.74) is 1.78. The number of benzene rings is 2. The van der Waals surface area contributed by atoms with E-state index in [2.05, 4.69) is 5.32 Å². The first-order valence-electron chi connectivity index (χ1n) is 11.8. The first-order chi connectivity index (χ1) is 17.2. The van der Waals surface area contributed by atoms with Gasteiger partial charge in [-0.15, -0.1) is 0 Å². The van der Waals surface area contributed by atoms with Gasteiger partial charge < -0.3 is 20.2 Å². The van der Waals surface area contributed by atoms with Crippen molar-refractivity contribution in [2.24, 2.45) is 5.92 Å². The first kappa shape index (κ1) is 26.0. The predicted octanol–water partition coefficient (Wildman–Crippen LogP) is 4.04. The molecule has 2 aromatic rings. The third kappa shape index (κ3) is 5.82. The average Bonchev–Trinajstić information content (AvgIpc) is 3.69. The van der Waals surface area contributed by atoms with Gasteiger partial charge in [-0.3, -0.25) is 19.2 Å². The monoisotopic (exact) mass is 531 g/mol. The summed E-state index contributed by atoms with van der Waals surface area (Å²) in [6.07, 6.45) is 0.435. The molecule has 3 amide bonds. The van der Waals surface area contributed by atoms with Crippen molar-refractivity contribution in [1.29, 1.82) is 0 Å². The standard InChI is InChI=1S/C26H27Cl2N3O5/c1-15-4-2-5-17(12-15)21(14-22(32)33)29-23(34)24-30(25(35)16-6-7-16)10-3-11-31(24)26(36)18-8-9-19(27)20(28)13-18/h2,4-5,8-9,12-13,16,21,24H,3,6-7,10-11,14H2,1H3,(H,29,34)(H,32,33). The minimum Gasteiger partial charge on any atom is -0.481 e. The van der Waals surface area contributed by atoms with Crippen molar-refractivity contribution in [2.45, 2.75) is 44.8 Å². The second kappa shape index (κ2) is 10.9. The van der Waals surface area contributed by atoms with E-state index in [4.69, 9.17) is 23.2 Å². The molecule has 8 nitrogen and oxygen atoms in total. The maximum atomic E-state index is 13.7. The fourth-order valence-electron chi connectivity index (χ4n) is 4.47. The Morgan fingerprint density at radius 1 is 1.03 bits per heavy atom. The molecule has 1 heterocycles. The van der Waals surface area contributed by atoms with Crippen LogP contribution in [0.3, 0.4) is 0 Å². The Hall–Kier alpha value is -3.10. The number of aryl methyl sites for hydroxylation is 1. The highest BCUT2D eigenvalue weighted by molar-refractivity contribution is 6.42. The minimum absolute atomic E-state index is 0.160. The molecular weight excluding hydrogens is 505 g/mol. The van der Waals surface area contributed by atoms with Gasteiger partial charge in [-0.25, -0.2) is 0 Å². The third-order valence-electron chi connectivity index (χ3n) is 6.40. The smallest absolute Gasteiger partial charge is 0.305 e. The van der Waals surface area contributed by atoms with Crippen LogP contribution in [-0.2, 0) is 14.4 Å². The number of rotatable bonds is 7. The highest BCUT2D eigenvalue weighted by atomic mass is 35.5. The average molecular weight is 532 g/mol. The zero-order valence-electron chi connectivity index (χ0n) is 19.7. The number of nitrogens with one attached hydrogen (secondary N) is 1. The normalized spacial score (nSPS) is 18.5. The molecule has 1 saturated heterocycles. The maximum absolute atomic E-state index is 13.7. The number of carboxylic acid groups (broad SMARTS) is 1. The summed E-state index contributed by atoms with van der Waals surface area (Å²) in [5, 5.41) is 12.8. The summed E-state index contributed by atoms with van der Waals surface area (Å²) in [4.78, 5) is 54.8. The molecule has 36 heavy (non-hydrogen) atoms. The Morgan fingerprint density at radius 3 is 2.39 bits per heavy atom. The molecule has 0 radical (unpaired) electrons. The van der Waals surface area contributed by atoms with E-state index in [-0.39, 0.29) is 35.4 Å². The molecule has 190 valence electrons. The van der Waals surface area contributed by atoms with Crippen molar-refractivity contribution in [3.8, 4) is 0 Å². The zero-order valence-corrected chi connectivity index (χ0v) is 21.3. The molecule has 10 heteroatoms. The molecule has 2 N–H and O–H groups in total. The number of amides is 3. The molecule has 2 atom stereocenters. The van der Waals surface area contributed by atoms with Gasteiger partial charge in [0.1, 0.15) is 0 Å². The molecule has 2 aliphatic rings. The van der Waals surface area contributed by atoms with Crippen LogP contribution in [0.15, 0.2) is 42.5 Å². The molecular formula is C26H27Cl2N3O5. The van der Waals surface area contributed by atoms with Crippen molar-refractivity contribution in [3.05, 3.63) is 69.2 Å². The van der Waals surface area contributed by atoms with Crippen LogP contribution in [0.25, 0.3) is 0 Å². The van der Waals surface area contributed by atoms with Gasteiger partial charge in [0.05, 0.1) is 22.5 Å². The van der Waals surface area contributed by atoms with Crippen LogP contribution in [0, 0.1) is 12.8 Å². The lowest BCUT2D eigenvalue weighted by molar-refractivity contribution is -0.151. The number of carbonyl (C=O) groups is 4. The number of nitrogens with zero attached hydrogens (tertiary/aromatic N) is 2. The lowest BCUT2D eigenvalue weighted by Crippen LogP contribution is -2.64. The van der Waals surface area contributed by atoms with Crippen molar-refractivity contribution in [1.82, 2.24) is 15.1 Å². The Balaban J connectivity index is 1.67. The van der Waals surface area contributed by atoms with Crippen molar-refractivity contribution < 1.29 is 24.3 Å². The molecule has 1 aliphatic heterocycles. The van der Waals surface area contributed by atoms with Crippen LogP contribution in [-0.4, -0.2) is 57.9 Å². The fraction of sp³-hybridized carbons (Fsp3) is 0.385. The summed E-state index contributed by atoms with van der Waals surface area (Å²) < 4.78 is 0. The number of carbonyl (C=O) groups excluding carboxylic acids is 3. The van der Waals surface area contributed by atoms with E-state index in [1.807, 2.05) is 13.0 Å². The van der Waals surface area contributed by atoms with Crippen molar-refractivity contribution in [2.75, 3.05) is 13.1 Å². The molecule has 0 bridgehead atoms. The molecule has 2 aromatic carbocycles. The summed E-state index contributed by atoms with van der Waals surface area (Å²) in [6.45, 7) is 2.45. The topological polar surface area (TPSA) is 107 Å². The van der Waals surface area contributed by atoms with Crippen LogP contribution < -0.4 is 5.32 Å². The Bertz CT molecular complexity index is 1200. The van der Waals surface area contributed by atoms with Crippen molar-refractivity contribution in [3.63, 3.8) is 0 Å². The van der Waals surface area contributed by atoms with E-state index in [1.54, 1.807) is 18.2 Å². The van der Waals surface area contributed by atoms with Gasteiger partial charge >= 0.3 is 5.97 Å². The van der Waals surface area contributed by atoms with E-state index >= 15 is 0 Å². The summed E-state index contributed by atoms with van der Waals surface area (Å²) in [5.74, 6) is -2.49. The minimum atomic E-state index is -1.21. The number of halogens is 2. The number of hydrogen-bond donors (Lipinski definition) is 2. The van der Waals surface area contributed by atoms with Gasteiger partial charge in [0.25, 0.3) is 11.8 Å². The quantitative estimate of drug-likeness (QED) is 0.560. The molecule has 1 saturated carbocycles. The van der Waals surface area contributed by atoms with E-state index in [0.717, 1.165) is 18.4 Å². The Morgan fingerprint density at radius 2 is 1.75 bits per heavy atom. The number of carboxylic acids is 1. The second-order valence-corrected chi connectivity index (χ2v) is 10.0. The van der Waals surface area contributed by atoms with Gasteiger partial charge in [-0.2, -0.15) is 0 Å². The largest absolute Gasteiger partial charge is 0.481 e. The first-order valence-corrected chi connectivity index (χ1v) is 12.6. The lowest BCUT2D eigenvalue weighted by atomic mass is 10.0. The van der Waals surface area contributed by atoms with Crippen LogP contribution in [0.1, 0.15) is 53.2 Å². The van der Waals surface area contributed by atoms with Crippen LogP contribution in [0.2, 0.25) is 10.0 Å². The SMILES string of the molecule is Cc1cccc(C(CC(=O)O)NC(=O)C2N(C(=O)c3ccc(Cl)c(Cl)c3)CCCN2C(=O)C2CC2)c1. The van der Waals surface area contributed by atoms with Gasteiger partial charge in [0.2, 0.25) is 5.91 Å². The third-order valence-corrected chi connectivity index (χ3v) is 7.14. The summed E-state index contributed by atoms with van der Waals surface area (Å²) >= 11 is 12.1. The number of aliphatic carboxylic acids is 1. The van der Waals surface area contributed by atoms with Gasteiger partial charge in [-0.1, -0.05) is 53.0 Å². The molecule has 2 unspecified atom stereocenters. The Labute approximate surface area is 219 Å². The highest BCUT2D eigenvalue weighted by Crippen LogP contribution is 2.34. The van der Waals surface area contributed by atoms with E-state index in [9.17, 15) is 24.3 Å². The maximum Gasteiger partial charge on any atom is 0.305 e. The van der Waals surface area contributed by atoms with E-state index in [1.165, 1.54) is 28.0 Å². The molecule has 2 fully saturated rings. The highest BCUT2D eigenvalue weighted by Gasteiger charge is 2.45. The zero-order chi connectivity index (χ0) is 26.0. The van der Waals surface area contributed by atoms with Crippen LogP contribution in [0.4, 0.5) is 0 Å². The second-order valence-electron chi connectivity index (χ2n) is 9.23. The number of hydrogen-bond acceptors (Lipinski definition) is 4. The molecule has 1 aliphatic carbocycles. The summed E-state index contributed by atoms with van der Waals surface area (Å²) in [7, 11) is 0. The Kier molecular flexibility index (Phi) is 7.85. The van der Waals surface area contributed by atoms with Gasteiger partial charge in [0, 0.05) is 24.6 Å². The van der Waals surface area contributed by atoms with Gasteiger partial charge in [-0.05, 0) is 49.9 Å². The van der Waals surface area contributed by atoms with E-state index in [0.29, 0.717) is 23.6 Å². The molecule has 0 aromatic heterocycles. The van der Waals surface area contributed by atoms with Crippen molar-refractivity contribution >= 4 is 46.9 Å². The van der Waals surface area contributed by atoms with Crippen LogP contribution >= 0.6 is 23.2 Å². The predicted molar refractivity (Wildman–Crippen MR) is 135 cm³/mol. The lowest BCUT2D eigenvalue weighted by Gasteiger charge is -2.43. The molecule has 4 rings (SSSR count).